The third-order valence-electron chi connectivity index (χ3n) is 5.02. The summed E-state index contributed by atoms with van der Waals surface area (Å²) in [5, 5.41) is 0.557. The van der Waals surface area contributed by atoms with E-state index in [1.54, 1.807) is 0 Å². The predicted molar refractivity (Wildman–Crippen MR) is 95.6 cm³/mol. The molecule has 0 N–H and O–H groups in total. The smallest absolute Gasteiger partial charge is 0.188 e. The van der Waals surface area contributed by atoms with Gasteiger partial charge >= 0.3 is 0 Å². The van der Waals surface area contributed by atoms with E-state index in [0.29, 0.717) is 16.5 Å². The van der Waals surface area contributed by atoms with Gasteiger partial charge in [0.1, 0.15) is 0 Å². The lowest BCUT2D eigenvalue weighted by Crippen LogP contribution is -2.15. The lowest BCUT2D eigenvalue weighted by atomic mass is 9.82. The molecule has 0 radical (unpaired) electrons. The summed E-state index contributed by atoms with van der Waals surface area (Å²) in [5.74, 6) is 2.73. The van der Waals surface area contributed by atoms with Crippen LogP contribution in [0.4, 0.5) is 0 Å². The zero-order valence-electron chi connectivity index (χ0n) is 13.4. The van der Waals surface area contributed by atoms with E-state index in [0.717, 1.165) is 17.1 Å². The lowest BCUT2D eigenvalue weighted by Gasteiger charge is -2.25. The van der Waals surface area contributed by atoms with Gasteiger partial charge in [0.05, 0.1) is 5.02 Å². The maximum Gasteiger partial charge on any atom is 0.188 e. The van der Waals surface area contributed by atoms with Gasteiger partial charge < -0.3 is 9.47 Å². The number of hydrogen-bond acceptors (Lipinski definition) is 2. The number of para-hydroxylation sites is 1. The SMILES string of the molecule is CC1(C)c2ccccc2-c2c1ccc1c2Oc2c(Cl)cccc2O1. The monoisotopic (exact) mass is 334 g/mol. The molecule has 118 valence electrons. The molecule has 3 heteroatoms. The third-order valence-corrected chi connectivity index (χ3v) is 5.32. The van der Waals surface area contributed by atoms with Crippen molar-refractivity contribution in [3.63, 3.8) is 0 Å². The van der Waals surface area contributed by atoms with Gasteiger partial charge in [-0.2, -0.15) is 0 Å². The molecular weight excluding hydrogens is 320 g/mol. The second-order valence-corrected chi connectivity index (χ2v) is 7.16. The third kappa shape index (κ3) is 1.67. The summed E-state index contributed by atoms with van der Waals surface area (Å²) in [7, 11) is 0. The Hall–Kier alpha value is -2.45. The minimum Gasteiger partial charge on any atom is -0.449 e. The van der Waals surface area contributed by atoms with Crippen molar-refractivity contribution in [2.24, 2.45) is 0 Å². The van der Waals surface area contributed by atoms with Crippen LogP contribution in [0.3, 0.4) is 0 Å². The van der Waals surface area contributed by atoms with Gasteiger partial charge in [-0.05, 0) is 34.9 Å². The molecule has 0 saturated heterocycles. The molecule has 0 aromatic heterocycles. The van der Waals surface area contributed by atoms with Gasteiger partial charge in [-0.25, -0.2) is 0 Å². The summed E-state index contributed by atoms with van der Waals surface area (Å²) in [6, 6.07) is 18.2. The Morgan fingerprint density at radius 2 is 1.54 bits per heavy atom. The van der Waals surface area contributed by atoms with Crippen LogP contribution < -0.4 is 9.47 Å². The van der Waals surface area contributed by atoms with Crippen molar-refractivity contribution >= 4 is 11.6 Å². The molecule has 3 aromatic carbocycles. The minimum atomic E-state index is -0.0644. The highest BCUT2D eigenvalue weighted by atomic mass is 35.5. The van der Waals surface area contributed by atoms with Crippen LogP contribution in [0, 0.1) is 0 Å². The maximum absolute atomic E-state index is 6.31. The van der Waals surface area contributed by atoms with Crippen molar-refractivity contribution in [2.75, 3.05) is 0 Å². The Balaban J connectivity index is 1.80. The molecule has 3 aromatic rings. The molecule has 0 bridgehead atoms. The van der Waals surface area contributed by atoms with Gasteiger partial charge in [-0.3, -0.25) is 0 Å². The molecule has 0 saturated carbocycles. The molecule has 0 atom stereocenters. The Bertz CT molecular complexity index is 1000. The van der Waals surface area contributed by atoms with Crippen LogP contribution in [0.25, 0.3) is 11.1 Å². The summed E-state index contributed by atoms with van der Waals surface area (Å²) in [5.41, 5.74) is 4.81. The van der Waals surface area contributed by atoms with Crippen molar-refractivity contribution < 1.29 is 9.47 Å². The molecule has 1 heterocycles. The van der Waals surface area contributed by atoms with Crippen molar-refractivity contribution in [3.05, 3.63) is 70.7 Å². The van der Waals surface area contributed by atoms with E-state index in [9.17, 15) is 0 Å². The van der Waals surface area contributed by atoms with E-state index >= 15 is 0 Å². The summed E-state index contributed by atoms with van der Waals surface area (Å²) < 4.78 is 12.3. The zero-order valence-corrected chi connectivity index (χ0v) is 14.1. The molecule has 0 fully saturated rings. The molecule has 24 heavy (non-hydrogen) atoms. The average molecular weight is 335 g/mol. The minimum absolute atomic E-state index is 0.0644. The zero-order chi connectivity index (χ0) is 16.5. The van der Waals surface area contributed by atoms with Gasteiger partial charge in [0.15, 0.2) is 23.0 Å². The fourth-order valence-electron chi connectivity index (χ4n) is 3.81. The van der Waals surface area contributed by atoms with E-state index < -0.39 is 0 Å². The van der Waals surface area contributed by atoms with Gasteiger partial charge in [-0.15, -0.1) is 0 Å². The summed E-state index contributed by atoms with van der Waals surface area (Å²) in [6.07, 6.45) is 0. The molecule has 0 unspecified atom stereocenters. The summed E-state index contributed by atoms with van der Waals surface area (Å²) in [6.45, 7) is 4.49. The summed E-state index contributed by atoms with van der Waals surface area (Å²) >= 11 is 6.31. The Labute approximate surface area is 145 Å². The second kappa shape index (κ2) is 4.55. The van der Waals surface area contributed by atoms with Crippen LogP contribution in [0.1, 0.15) is 25.0 Å². The van der Waals surface area contributed by atoms with Crippen LogP contribution in [-0.4, -0.2) is 0 Å². The lowest BCUT2D eigenvalue weighted by molar-refractivity contribution is 0.360. The number of rotatable bonds is 0. The van der Waals surface area contributed by atoms with E-state index in [-0.39, 0.29) is 5.41 Å². The molecule has 2 aliphatic rings. The molecule has 0 amide bonds. The number of fused-ring (bicyclic) bond motifs is 6. The quantitative estimate of drug-likeness (QED) is 0.363. The van der Waals surface area contributed by atoms with E-state index in [4.69, 9.17) is 21.1 Å². The molecule has 2 nitrogen and oxygen atoms in total. The van der Waals surface area contributed by atoms with Crippen molar-refractivity contribution in [1.82, 2.24) is 0 Å². The number of benzene rings is 3. The first kappa shape index (κ1) is 13.9. The fraction of sp³-hybridized carbons (Fsp3) is 0.143. The molecule has 0 spiro atoms. The first-order chi connectivity index (χ1) is 11.6. The van der Waals surface area contributed by atoms with Gasteiger partial charge in [-0.1, -0.05) is 61.8 Å². The maximum atomic E-state index is 6.31. The Kier molecular flexibility index (Phi) is 2.64. The second-order valence-electron chi connectivity index (χ2n) is 6.76. The van der Waals surface area contributed by atoms with Crippen molar-refractivity contribution in [2.45, 2.75) is 19.3 Å². The molecule has 5 rings (SSSR count). The summed E-state index contributed by atoms with van der Waals surface area (Å²) in [4.78, 5) is 0. The average Bonchev–Trinajstić information content (AvgIpc) is 2.82. The molecular formula is C21H15ClO2. The highest BCUT2D eigenvalue weighted by Gasteiger charge is 2.39. The number of hydrogen-bond donors (Lipinski definition) is 0. The number of halogens is 1. The van der Waals surface area contributed by atoms with Crippen molar-refractivity contribution in [3.8, 4) is 34.1 Å². The van der Waals surface area contributed by atoms with Crippen LogP contribution in [0.2, 0.25) is 5.02 Å². The van der Waals surface area contributed by atoms with E-state index in [2.05, 4.69) is 44.2 Å². The van der Waals surface area contributed by atoms with Crippen LogP contribution in [-0.2, 0) is 5.41 Å². The van der Waals surface area contributed by atoms with Crippen LogP contribution >= 0.6 is 11.6 Å². The van der Waals surface area contributed by atoms with Gasteiger partial charge in [0.25, 0.3) is 0 Å². The van der Waals surface area contributed by atoms with Crippen LogP contribution in [0.5, 0.6) is 23.0 Å². The molecule has 1 aliphatic heterocycles. The van der Waals surface area contributed by atoms with Crippen molar-refractivity contribution in [1.29, 1.82) is 0 Å². The van der Waals surface area contributed by atoms with E-state index in [1.807, 2.05) is 24.3 Å². The standard InChI is InChI=1S/C21H15ClO2/c1-21(2)13-7-4-3-6-12(13)18-14(21)10-11-17-20(18)24-19-15(22)8-5-9-16(19)23-17/h3-11H,1-2H3. The van der Waals surface area contributed by atoms with E-state index in [1.165, 1.54) is 16.7 Å². The topological polar surface area (TPSA) is 18.5 Å². The first-order valence-corrected chi connectivity index (χ1v) is 8.37. The Morgan fingerprint density at radius 3 is 2.42 bits per heavy atom. The Morgan fingerprint density at radius 1 is 0.750 bits per heavy atom. The normalized spacial score (nSPS) is 15.5. The molecule has 1 aliphatic carbocycles. The largest absolute Gasteiger partial charge is 0.449 e. The van der Waals surface area contributed by atoms with Gasteiger partial charge in [0.2, 0.25) is 0 Å². The van der Waals surface area contributed by atoms with Crippen LogP contribution in [0.15, 0.2) is 54.6 Å². The highest BCUT2D eigenvalue weighted by Crippen LogP contribution is 2.58. The fourth-order valence-corrected chi connectivity index (χ4v) is 4.02. The first-order valence-electron chi connectivity index (χ1n) is 7.99. The highest BCUT2D eigenvalue weighted by molar-refractivity contribution is 6.32. The number of ether oxygens (including phenoxy) is 2. The van der Waals surface area contributed by atoms with Gasteiger partial charge in [0, 0.05) is 11.0 Å². The predicted octanol–water partition coefficient (Wildman–Crippen LogP) is 6.54.